The standard InChI is InChI=1S/C10H6Cl3N3/c11-6-3-1-2-5(7(6)12)9-8(13)10(14)16-4-15-9/h1-4H,(H2,14,15,16). The molecule has 0 aliphatic carbocycles. The maximum Gasteiger partial charge on any atom is 0.146 e. The maximum absolute atomic E-state index is 6.06. The number of nitrogens with two attached hydrogens (primary N) is 1. The van der Waals surface area contributed by atoms with Gasteiger partial charge in [-0.25, -0.2) is 9.97 Å². The van der Waals surface area contributed by atoms with E-state index in [4.69, 9.17) is 40.5 Å². The van der Waals surface area contributed by atoms with Crippen LogP contribution in [0.2, 0.25) is 15.1 Å². The molecule has 0 unspecified atom stereocenters. The van der Waals surface area contributed by atoms with Gasteiger partial charge in [0, 0.05) is 5.56 Å². The Labute approximate surface area is 107 Å². The first-order valence-electron chi connectivity index (χ1n) is 4.31. The van der Waals surface area contributed by atoms with Gasteiger partial charge in [-0.1, -0.05) is 46.9 Å². The van der Waals surface area contributed by atoms with Crippen molar-refractivity contribution in [3.8, 4) is 11.3 Å². The van der Waals surface area contributed by atoms with Crippen LogP contribution in [0, 0.1) is 0 Å². The van der Waals surface area contributed by atoms with Crippen LogP contribution in [0.15, 0.2) is 24.5 Å². The Balaban J connectivity index is 2.68. The van der Waals surface area contributed by atoms with E-state index < -0.39 is 0 Å². The highest BCUT2D eigenvalue weighted by atomic mass is 35.5. The molecule has 0 amide bonds. The van der Waals surface area contributed by atoms with E-state index in [2.05, 4.69) is 9.97 Å². The lowest BCUT2D eigenvalue weighted by atomic mass is 10.1. The molecule has 0 spiro atoms. The fraction of sp³-hybridized carbons (Fsp3) is 0. The summed E-state index contributed by atoms with van der Waals surface area (Å²) in [6.45, 7) is 0. The van der Waals surface area contributed by atoms with Crippen LogP contribution in [0.25, 0.3) is 11.3 Å². The Morgan fingerprint density at radius 3 is 2.50 bits per heavy atom. The van der Waals surface area contributed by atoms with Crippen LogP contribution >= 0.6 is 34.8 Å². The molecule has 0 saturated carbocycles. The number of nitrogens with zero attached hydrogens (tertiary/aromatic N) is 2. The third-order valence-corrected chi connectivity index (χ3v) is 3.21. The van der Waals surface area contributed by atoms with Crippen molar-refractivity contribution in [1.29, 1.82) is 0 Å². The topological polar surface area (TPSA) is 51.8 Å². The number of rotatable bonds is 1. The van der Waals surface area contributed by atoms with Crippen molar-refractivity contribution in [3.05, 3.63) is 39.6 Å². The summed E-state index contributed by atoms with van der Waals surface area (Å²) >= 11 is 18.0. The van der Waals surface area contributed by atoms with Gasteiger partial charge in [0.25, 0.3) is 0 Å². The summed E-state index contributed by atoms with van der Waals surface area (Å²) < 4.78 is 0. The molecule has 0 aliphatic rings. The quantitative estimate of drug-likeness (QED) is 0.863. The fourth-order valence-electron chi connectivity index (χ4n) is 1.26. The van der Waals surface area contributed by atoms with Gasteiger partial charge in [-0.15, -0.1) is 0 Å². The predicted octanol–water partition coefficient (Wildman–Crippen LogP) is 3.69. The third kappa shape index (κ3) is 1.94. The van der Waals surface area contributed by atoms with Crippen molar-refractivity contribution in [2.24, 2.45) is 0 Å². The second-order valence-corrected chi connectivity index (χ2v) is 4.19. The van der Waals surface area contributed by atoms with Crippen LogP contribution in [0.4, 0.5) is 5.82 Å². The number of nitrogen functional groups attached to an aromatic ring is 1. The summed E-state index contributed by atoms with van der Waals surface area (Å²) in [5.74, 6) is 0.211. The summed E-state index contributed by atoms with van der Waals surface area (Å²) in [4.78, 5) is 7.82. The summed E-state index contributed by atoms with van der Waals surface area (Å²) in [7, 11) is 0. The van der Waals surface area contributed by atoms with E-state index in [1.165, 1.54) is 6.33 Å². The van der Waals surface area contributed by atoms with Crippen LogP contribution in [0.3, 0.4) is 0 Å². The van der Waals surface area contributed by atoms with Gasteiger partial charge in [0.05, 0.1) is 15.7 Å². The first kappa shape index (κ1) is 11.5. The first-order chi connectivity index (χ1) is 7.61. The second-order valence-electron chi connectivity index (χ2n) is 3.02. The molecular formula is C10H6Cl3N3. The molecule has 2 rings (SSSR count). The maximum atomic E-state index is 6.06. The lowest BCUT2D eigenvalue weighted by molar-refractivity contribution is 1.18. The van der Waals surface area contributed by atoms with E-state index in [1.807, 2.05) is 0 Å². The smallest absolute Gasteiger partial charge is 0.146 e. The average Bonchev–Trinajstić information content (AvgIpc) is 2.27. The summed E-state index contributed by atoms with van der Waals surface area (Å²) in [5, 5.41) is 1.10. The van der Waals surface area contributed by atoms with Crippen LogP contribution in [-0.2, 0) is 0 Å². The Morgan fingerprint density at radius 2 is 1.75 bits per heavy atom. The highest BCUT2D eigenvalue weighted by Gasteiger charge is 2.13. The van der Waals surface area contributed by atoms with Crippen molar-refractivity contribution in [1.82, 2.24) is 9.97 Å². The molecule has 0 fully saturated rings. The molecule has 1 aromatic carbocycles. The Bertz CT molecular complexity index is 493. The molecular weight excluding hydrogens is 268 g/mol. The molecule has 0 radical (unpaired) electrons. The van der Waals surface area contributed by atoms with Crippen LogP contribution in [0.1, 0.15) is 0 Å². The SMILES string of the molecule is Nc1ncnc(-c2cccc(Cl)c2Cl)c1Cl. The summed E-state index contributed by atoms with van der Waals surface area (Å²) in [6.07, 6.45) is 1.33. The molecule has 2 N–H and O–H groups in total. The highest BCUT2D eigenvalue weighted by Crippen LogP contribution is 2.36. The van der Waals surface area contributed by atoms with Crippen molar-refractivity contribution in [2.45, 2.75) is 0 Å². The van der Waals surface area contributed by atoms with Gasteiger partial charge in [0.2, 0.25) is 0 Å². The van der Waals surface area contributed by atoms with Crippen LogP contribution in [0.5, 0.6) is 0 Å². The Hall–Kier alpha value is -1.03. The molecule has 3 nitrogen and oxygen atoms in total. The van der Waals surface area contributed by atoms with Gasteiger partial charge in [0.1, 0.15) is 17.2 Å². The molecule has 2 aromatic rings. The first-order valence-corrected chi connectivity index (χ1v) is 5.45. The minimum atomic E-state index is 0.211. The zero-order valence-electron chi connectivity index (χ0n) is 7.92. The Kier molecular flexibility index (Phi) is 3.19. The normalized spacial score (nSPS) is 10.4. The average molecular weight is 275 g/mol. The van der Waals surface area contributed by atoms with E-state index in [-0.39, 0.29) is 10.8 Å². The van der Waals surface area contributed by atoms with Gasteiger partial charge in [0.15, 0.2) is 0 Å². The van der Waals surface area contributed by atoms with Gasteiger partial charge >= 0.3 is 0 Å². The zero-order chi connectivity index (χ0) is 11.7. The molecule has 1 heterocycles. The number of halogens is 3. The van der Waals surface area contributed by atoms with E-state index in [9.17, 15) is 0 Å². The van der Waals surface area contributed by atoms with Gasteiger partial charge in [-0.2, -0.15) is 0 Å². The van der Waals surface area contributed by atoms with E-state index in [0.717, 1.165) is 0 Å². The molecule has 0 aliphatic heterocycles. The molecule has 16 heavy (non-hydrogen) atoms. The predicted molar refractivity (Wildman–Crippen MR) is 66.9 cm³/mol. The van der Waals surface area contributed by atoms with Gasteiger partial charge in [-0.3, -0.25) is 0 Å². The lowest BCUT2D eigenvalue weighted by Gasteiger charge is -2.07. The second kappa shape index (κ2) is 4.45. The van der Waals surface area contributed by atoms with Gasteiger partial charge in [-0.05, 0) is 6.07 Å². The van der Waals surface area contributed by atoms with Crippen LogP contribution in [-0.4, -0.2) is 9.97 Å². The van der Waals surface area contributed by atoms with Crippen molar-refractivity contribution in [3.63, 3.8) is 0 Å². The Morgan fingerprint density at radius 1 is 1.00 bits per heavy atom. The minimum Gasteiger partial charge on any atom is -0.382 e. The largest absolute Gasteiger partial charge is 0.382 e. The van der Waals surface area contributed by atoms with E-state index in [1.54, 1.807) is 18.2 Å². The monoisotopic (exact) mass is 273 g/mol. The van der Waals surface area contributed by atoms with Crippen molar-refractivity contribution in [2.75, 3.05) is 5.73 Å². The lowest BCUT2D eigenvalue weighted by Crippen LogP contribution is -1.95. The number of hydrogen-bond acceptors (Lipinski definition) is 3. The highest BCUT2D eigenvalue weighted by molar-refractivity contribution is 6.44. The zero-order valence-corrected chi connectivity index (χ0v) is 10.2. The van der Waals surface area contributed by atoms with Crippen LogP contribution < -0.4 is 5.73 Å². The number of anilines is 1. The van der Waals surface area contributed by atoms with E-state index in [0.29, 0.717) is 21.3 Å². The summed E-state index contributed by atoms with van der Waals surface area (Å²) in [5.41, 5.74) is 6.69. The molecule has 0 bridgehead atoms. The fourth-order valence-corrected chi connectivity index (χ4v) is 1.85. The number of benzene rings is 1. The van der Waals surface area contributed by atoms with E-state index >= 15 is 0 Å². The molecule has 82 valence electrons. The molecule has 6 heteroatoms. The summed E-state index contributed by atoms with van der Waals surface area (Å²) in [6, 6.07) is 5.21. The molecule has 0 saturated heterocycles. The minimum absolute atomic E-state index is 0.211. The number of aromatic nitrogens is 2. The van der Waals surface area contributed by atoms with Crippen molar-refractivity contribution < 1.29 is 0 Å². The molecule has 0 atom stereocenters. The number of hydrogen-bond donors (Lipinski definition) is 1. The molecule has 1 aromatic heterocycles. The van der Waals surface area contributed by atoms with Gasteiger partial charge < -0.3 is 5.73 Å². The third-order valence-electron chi connectivity index (χ3n) is 2.02. The van der Waals surface area contributed by atoms with Crippen molar-refractivity contribution >= 4 is 40.6 Å².